The highest BCUT2D eigenvalue weighted by atomic mass is 16.6. The van der Waals surface area contributed by atoms with Crippen molar-refractivity contribution in [3.8, 4) is 22.8 Å². The van der Waals surface area contributed by atoms with E-state index in [1.807, 2.05) is 55.5 Å². The lowest BCUT2D eigenvalue weighted by Gasteiger charge is -2.14. The molecular weight excluding hydrogens is 358 g/mol. The summed E-state index contributed by atoms with van der Waals surface area (Å²) in [4.78, 5) is 12.5. The first-order valence-electron chi connectivity index (χ1n) is 9.23. The summed E-state index contributed by atoms with van der Waals surface area (Å²) < 4.78 is 16.0. The summed E-state index contributed by atoms with van der Waals surface area (Å²) in [6, 6.07) is 15.0. The number of rotatable bonds is 8. The first-order valence-corrected chi connectivity index (χ1v) is 9.23. The van der Waals surface area contributed by atoms with E-state index >= 15 is 0 Å². The first-order chi connectivity index (χ1) is 13.6. The van der Waals surface area contributed by atoms with Crippen molar-refractivity contribution in [2.24, 2.45) is 0 Å². The Kier molecular flexibility index (Phi) is 6.26. The van der Waals surface area contributed by atoms with Crippen LogP contribution in [0.5, 0.6) is 11.5 Å². The molecule has 3 aromatic rings. The molecule has 0 spiro atoms. The van der Waals surface area contributed by atoms with Crippen molar-refractivity contribution >= 4 is 11.7 Å². The van der Waals surface area contributed by atoms with Crippen LogP contribution in [0.3, 0.4) is 0 Å². The second kappa shape index (κ2) is 9.03. The maximum Gasteiger partial charge on any atom is 0.266 e. The minimum atomic E-state index is -0.711. The van der Waals surface area contributed by atoms with Gasteiger partial charge in [0.2, 0.25) is 5.82 Å². The SMILES string of the molecule is CCOc1ccc(-c2nonc2NC(=O)[C@@H](C)Oc2ccc(CC)cc2)cc1. The van der Waals surface area contributed by atoms with Crippen LogP contribution in [0.15, 0.2) is 53.2 Å². The van der Waals surface area contributed by atoms with Gasteiger partial charge in [-0.1, -0.05) is 19.1 Å². The predicted molar refractivity (Wildman–Crippen MR) is 105 cm³/mol. The molecule has 0 fully saturated rings. The lowest BCUT2D eigenvalue weighted by molar-refractivity contribution is -0.122. The van der Waals surface area contributed by atoms with Gasteiger partial charge in [-0.2, -0.15) is 0 Å². The molecule has 0 aliphatic rings. The Balaban J connectivity index is 1.66. The number of carbonyl (C=O) groups is 1. The Bertz CT molecular complexity index is 904. The van der Waals surface area contributed by atoms with Crippen LogP contribution in [0.25, 0.3) is 11.3 Å². The van der Waals surface area contributed by atoms with Gasteiger partial charge in [-0.25, -0.2) is 4.63 Å². The van der Waals surface area contributed by atoms with Crippen molar-refractivity contribution in [3.63, 3.8) is 0 Å². The number of amides is 1. The third-order valence-electron chi connectivity index (χ3n) is 4.18. The highest BCUT2D eigenvalue weighted by Crippen LogP contribution is 2.26. The fourth-order valence-electron chi connectivity index (χ4n) is 2.62. The van der Waals surface area contributed by atoms with E-state index in [9.17, 15) is 4.79 Å². The number of hydrogen-bond acceptors (Lipinski definition) is 6. The molecule has 7 heteroatoms. The summed E-state index contributed by atoms with van der Waals surface area (Å²) in [5.41, 5.74) is 2.40. The van der Waals surface area contributed by atoms with Gasteiger partial charge in [0.1, 0.15) is 11.5 Å². The molecule has 1 amide bonds. The van der Waals surface area contributed by atoms with E-state index < -0.39 is 6.10 Å². The van der Waals surface area contributed by atoms with E-state index in [-0.39, 0.29) is 11.7 Å². The molecule has 0 saturated heterocycles. The van der Waals surface area contributed by atoms with Crippen LogP contribution >= 0.6 is 0 Å². The molecule has 0 unspecified atom stereocenters. The standard InChI is InChI=1S/C21H23N3O4/c1-4-15-6-10-18(11-7-15)27-14(3)21(25)22-20-19(23-28-24-20)16-8-12-17(13-9-16)26-5-2/h6-14H,4-5H2,1-3H3,(H,22,24,25)/t14-/m1/s1. The number of aromatic nitrogens is 2. The monoisotopic (exact) mass is 381 g/mol. The quantitative estimate of drug-likeness (QED) is 0.632. The average molecular weight is 381 g/mol. The molecule has 146 valence electrons. The van der Waals surface area contributed by atoms with Crippen LogP contribution in [0.1, 0.15) is 26.3 Å². The summed E-state index contributed by atoms with van der Waals surface area (Å²) >= 11 is 0. The number of aryl methyl sites for hydroxylation is 1. The molecule has 28 heavy (non-hydrogen) atoms. The predicted octanol–water partition coefficient (Wildman–Crippen LogP) is 4.10. The number of ether oxygens (including phenoxy) is 2. The maximum atomic E-state index is 12.5. The summed E-state index contributed by atoms with van der Waals surface area (Å²) in [5.74, 6) is 1.28. The summed E-state index contributed by atoms with van der Waals surface area (Å²) in [6.07, 6.45) is 0.237. The van der Waals surface area contributed by atoms with E-state index in [0.717, 1.165) is 17.7 Å². The Morgan fingerprint density at radius 2 is 1.71 bits per heavy atom. The van der Waals surface area contributed by atoms with Gasteiger partial charge in [-0.05, 0) is 72.5 Å². The fourth-order valence-corrected chi connectivity index (χ4v) is 2.62. The topological polar surface area (TPSA) is 86.5 Å². The lowest BCUT2D eigenvalue weighted by Crippen LogP contribution is -2.30. The van der Waals surface area contributed by atoms with Crippen molar-refractivity contribution in [1.82, 2.24) is 10.3 Å². The summed E-state index contributed by atoms with van der Waals surface area (Å²) in [6.45, 7) is 6.27. The van der Waals surface area contributed by atoms with Crippen molar-refractivity contribution < 1.29 is 18.9 Å². The zero-order valence-corrected chi connectivity index (χ0v) is 16.1. The van der Waals surface area contributed by atoms with Crippen molar-refractivity contribution in [3.05, 3.63) is 54.1 Å². The van der Waals surface area contributed by atoms with E-state index in [4.69, 9.17) is 14.1 Å². The molecule has 0 saturated carbocycles. The highest BCUT2D eigenvalue weighted by molar-refractivity contribution is 5.95. The molecule has 1 heterocycles. The van der Waals surface area contributed by atoms with Gasteiger partial charge >= 0.3 is 0 Å². The number of hydrogen-bond donors (Lipinski definition) is 1. The highest BCUT2D eigenvalue weighted by Gasteiger charge is 2.20. The molecule has 3 rings (SSSR count). The van der Waals surface area contributed by atoms with Crippen LogP contribution in [0.2, 0.25) is 0 Å². The van der Waals surface area contributed by atoms with E-state index in [0.29, 0.717) is 18.1 Å². The third-order valence-corrected chi connectivity index (χ3v) is 4.18. The normalized spacial score (nSPS) is 11.7. The van der Waals surface area contributed by atoms with Gasteiger partial charge in [-0.15, -0.1) is 0 Å². The molecule has 1 N–H and O–H groups in total. The summed E-state index contributed by atoms with van der Waals surface area (Å²) in [7, 11) is 0. The van der Waals surface area contributed by atoms with Gasteiger partial charge in [0, 0.05) is 5.56 Å². The minimum Gasteiger partial charge on any atom is -0.494 e. The van der Waals surface area contributed by atoms with Gasteiger partial charge in [0.25, 0.3) is 5.91 Å². The third kappa shape index (κ3) is 4.68. The van der Waals surface area contributed by atoms with Crippen LogP contribution in [-0.2, 0) is 11.2 Å². The van der Waals surface area contributed by atoms with Gasteiger partial charge in [0.15, 0.2) is 11.8 Å². The van der Waals surface area contributed by atoms with Crippen molar-refractivity contribution in [1.29, 1.82) is 0 Å². The Morgan fingerprint density at radius 3 is 2.36 bits per heavy atom. The van der Waals surface area contributed by atoms with Crippen LogP contribution in [-0.4, -0.2) is 28.9 Å². The number of carbonyl (C=O) groups excluding carboxylic acids is 1. The first kappa shape index (κ1) is 19.4. The number of nitrogens with one attached hydrogen (secondary N) is 1. The van der Waals surface area contributed by atoms with E-state index in [1.54, 1.807) is 6.92 Å². The fraction of sp³-hybridized carbons (Fsp3) is 0.286. The largest absolute Gasteiger partial charge is 0.494 e. The Hall–Kier alpha value is -3.35. The van der Waals surface area contributed by atoms with E-state index in [2.05, 4.69) is 22.6 Å². The summed E-state index contributed by atoms with van der Waals surface area (Å²) in [5, 5.41) is 10.4. The van der Waals surface area contributed by atoms with Gasteiger partial charge in [0.05, 0.1) is 6.61 Å². The molecule has 0 aliphatic heterocycles. The zero-order valence-electron chi connectivity index (χ0n) is 16.1. The average Bonchev–Trinajstić information content (AvgIpc) is 3.17. The molecular formula is C21H23N3O4. The number of nitrogens with zero attached hydrogens (tertiary/aromatic N) is 2. The zero-order chi connectivity index (χ0) is 19.9. The molecule has 0 aliphatic carbocycles. The van der Waals surface area contributed by atoms with Gasteiger partial charge < -0.3 is 14.8 Å². The smallest absolute Gasteiger partial charge is 0.266 e. The van der Waals surface area contributed by atoms with Crippen LogP contribution in [0, 0.1) is 0 Å². The molecule has 2 aromatic carbocycles. The lowest BCUT2D eigenvalue weighted by atomic mass is 10.1. The number of anilines is 1. The molecule has 0 bridgehead atoms. The molecule has 1 atom stereocenters. The van der Waals surface area contributed by atoms with E-state index in [1.165, 1.54) is 5.56 Å². The van der Waals surface area contributed by atoms with Gasteiger partial charge in [-0.3, -0.25) is 4.79 Å². The van der Waals surface area contributed by atoms with Crippen LogP contribution in [0.4, 0.5) is 5.82 Å². The van der Waals surface area contributed by atoms with Crippen molar-refractivity contribution in [2.75, 3.05) is 11.9 Å². The second-order valence-electron chi connectivity index (χ2n) is 6.17. The minimum absolute atomic E-state index is 0.242. The Labute approximate surface area is 163 Å². The van der Waals surface area contributed by atoms with Crippen LogP contribution < -0.4 is 14.8 Å². The van der Waals surface area contributed by atoms with Crippen molar-refractivity contribution in [2.45, 2.75) is 33.3 Å². The second-order valence-corrected chi connectivity index (χ2v) is 6.17. The maximum absolute atomic E-state index is 12.5. The molecule has 7 nitrogen and oxygen atoms in total. The molecule has 0 radical (unpaired) electrons. The molecule has 1 aromatic heterocycles. The number of benzene rings is 2. The Morgan fingerprint density at radius 1 is 1.04 bits per heavy atom.